The lowest BCUT2D eigenvalue weighted by atomic mass is 10.2. The van der Waals surface area contributed by atoms with Crippen molar-refractivity contribution in [2.45, 2.75) is 19.6 Å². The highest BCUT2D eigenvalue weighted by Crippen LogP contribution is 2.15. The first-order valence-electron chi connectivity index (χ1n) is 9.18. The molecule has 3 rings (SSSR count). The summed E-state index contributed by atoms with van der Waals surface area (Å²) in [5.41, 5.74) is 2.17. The second kappa shape index (κ2) is 9.25. The molecule has 2 aromatic carbocycles. The third kappa shape index (κ3) is 5.49. The van der Waals surface area contributed by atoms with Crippen LogP contribution in [0.1, 0.15) is 17.5 Å². The first-order valence-corrected chi connectivity index (χ1v) is 9.18. The molecule has 26 heavy (non-hydrogen) atoms. The van der Waals surface area contributed by atoms with E-state index in [9.17, 15) is 4.79 Å². The Labute approximate surface area is 155 Å². The minimum Gasteiger partial charge on any atom is -0.489 e. The number of nitrogens with zero attached hydrogens (tertiary/aromatic N) is 2. The van der Waals surface area contributed by atoms with E-state index in [4.69, 9.17) is 4.74 Å². The molecule has 2 amide bonds. The molecule has 0 bridgehead atoms. The van der Waals surface area contributed by atoms with E-state index in [1.165, 1.54) is 0 Å². The molecule has 0 spiro atoms. The van der Waals surface area contributed by atoms with Crippen molar-refractivity contribution in [2.24, 2.45) is 0 Å². The van der Waals surface area contributed by atoms with Crippen LogP contribution in [0.15, 0.2) is 54.6 Å². The maximum Gasteiger partial charge on any atom is 0.317 e. The van der Waals surface area contributed by atoms with Crippen LogP contribution in [0.3, 0.4) is 0 Å². The summed E-state index contributed by atoms with van der Waals surface area (Å²) in [5, 5.41) is 3.03. The van der Waals surface area contributed by atoms with E-state index in [1.807, 2.05) is 59.5 Å². The van der Waals surface area contributed by atoms with Crippen LogP contribution in [0.5, 0.6) is 5.75 Å². The number of rotatable bonds is 5. The quantitative estimate of drug-likeness (QED) is 0.898. The first kappa shape index (κ1) is 18.3. The molecule has 138 valence electrons. The third-order valence-corrected chi connectivity index (χ3v) is 4.60. The molecular formula is C21H27N3O2. The number of amides is 2. The number of nitrogens with one attached hydrogen (secondary N) is 1. The molecule has 1 heterocycles. The summed E-state index contributed by atoms with van der Waals surface area (Å²) in [7, 11) is 2.10. The van der Waals surface area contributed by atoms with Gasteiger partial charge in [0.05, 0.1) is 0 Å². The number of likely N-dealkylation sites (N-methyl/N-ethyl adjacent to an activating group) is 1. The van der Waals surface area contributed by atoms with Crippen LogP contribution in [0.4, 0.5) is 4.79 Å². The van der Waals surface area contributed by atoms with E-state index in [1.54, 1.807) is 0 Å². The van der Waals surface area contributed by atoms with E-state index in [0.717, 1.165) is 49.5 Å². The average molecular weight is 353 g/mol. The standard InChI is InChI=1S/C21H27N3O2/c1-23-11-6-12-24(14-13-23)21(25)22-16-19-9-5-10-20(15-19)26-17-18-7-3-2-4-8-18/h2-5,7-10,15H,6,11-14,16-17H2,1H3,(H,22,25). The molecule has 1 fully saturated rings. The van der Waals surface area contributed by atoms with Crippen molar-refractivity contribution in [2.75, 3.05) is 33.2 Å². The number of hydrogen-bond acceptors (Lipinski definition) is 3. The van der Waals surface area contributed by atoms with Crippen LogP contribution in [0, 0.1) is 0 Å². The van der Waals surface area contributed by atoms with Gasteiger partial charge < -0.3 is 19.9 Å². The molecule has 1 N–H and O–H groups in total. The van der Waals surface area contributed by atoms with Gasteiger partial charge in [-0.15, -0.1) is 0 Å². The zero-order chi connectivity index (χ0) is 18.2. The molecule has 1 aliphatic heterocycles. The Morgan fingerprint density at radius 2 is 1.81 bits per heavy atom. The third-order valence-electron chi connectivity index (χ3n) is 4.60. The van der Waals surface area contributed by atoms with Gasteiger partial charge in [-0.05, 0) is 43.3 Å². The summed E-state index contributed by atoms with van der Waals surface area (Å²) in [6, 6.07) is 18.0. The fourth-order valence-corrected chi connectivity index (χ4v) is 3.03. The zero-order valence-corrected chi connectivity index (χ0v) is 15.4. The Morgan fingerprint density at radius 3 is 2.65 bits per heavy atom. The molecule has 0 saturated carbocycles. The van der Waals surface area contributed by atoms with Gasteiger partial charge in [0, 0.05) is 26.2 Å². The fraction of sp³-hybridized carbons (Fsp3) is 0.381. The Kier molecular flexibility index (Phi) is 6.50. The van der Waals surface area contributed by atoms with Crippen LogP contribution < -0.4 is 10.1 Å². The summed E-state index contributed by atoms with van der Waals surface area (Å²) < 4.78 is 5.86. The highest BCUT2D eigenvalue weighted by atomic mass is 16.5. The van der Waals surface area contributed by atoms with Gasteiger partial charge in [-0.1, -0.05) is 42.5 Å². The molecule has 0 radical (unpaired) electrons. The Balaban J connectivity index is 1.49. The lowest BCUT2D eigenvalue weighted by Crippen LogP contribution is -2.41. The summed E-state index contributed by atoms with van der Waals surface area (Å²) in [4.78, 5) is 16.6. The zero-order valence-electron chi connectivity index (χ0n) is 15.4. The Morgan fingerprint density at radius 1 is 1.00 bits per heavy atom. The van der Waals surface area contributed by atoms with Gasteiger partial charge in [0.2, 0.25) is 0 Å². The lowest BCUT2D eigenvalue weighted by Gasteiger charge is -2.21. The van der Waals surface area contributed by atoms with E-state index >= 15 is 0 Å². The van der Waals surface area contributed by atoms with Crippen molar-refractivity contribution in [1.82, 2.24) is 15.1 Å². The topological polar surface area (TPSA) is 44.8 Å². The van der Waals surface area contributed by atoms with Crippen molar-refractivity contribution in [1.29, 1.82) is 0 Å². The maximum absolute atomic E-state index is 12.4. The molecule has 0 aliphatic carbocycles. The van der Waals surface area contributed by atoms with Gasteiger partial charge >= 0.3 is 6.03 Å². The molecule has 0 unspecified atom stereocenters. The van der Waals surface area contributed by atoms with Gasteiger partial charge in [0.1, 0.15) is 12.4 Å². The number of carbonyl (C=O) groups is 1. The number of urea groups is 1. The predicted molar refractivity (Wildman–Crippen MR) is 103 cm³/mol. The molecule has 1 saturated heterocycles. The number of benzene rings is 2. The molecular weight excluding hydrogens is 326 g/mol. The average Bonchev–Trinajstić information content (AvgIpc) is 2.90. The van der Waals surface area contributed by atoms with Gasteiger partial charge in [-0.3, -0.25) is 0 Å². The van der Waals surface area contributed by atoms with Gasteiger partial charge in [-0.2, -0.15) is 0 Å². The number of carbonyl (C=O) groups excluding carboxylic acids is 1. The monoisotopic (exact) mass is 353 g/mol. The highest BCUT2D eigenvalue weighted by Gasteiger charge is 2.16. The molecule has 5 nitrogen and oxygen atoms in total. The summed E-state index contributed by atoms with van der Waals surface area (Å²) >= 11 is 0. The van der Waals surface area contributed by atoms with Crippen molar-refractivity contribution in [3.8, 4) is 5.75 Å². The molecule has 1 aliphatic rings. The smallest absolute Gasteiger partial charge is 0.317 e. The molecule has 2 aromatic rings. The largest absolute Gasteiger partial charge is 0.489 e. The molecule has 0 aromatic heterocycles. The van der Waals surface area contributed by atoms with Crippen molar-refractivity contribution in [3.05, 3.63) is 65.7 Å². The summed E-state index contributed by atoms with van der Waals surface area (Å²) in [6.07, 6.45) is 1.02. The van der Waals surface area contributed by atoms with Crippen molar-refractivity contribution in [3.63, 3.8) is 0 Å². The minimum atomic E-state index is 0.0101. The van der Waals surface area contributed by atoms with Crippen molar-refractivity contribution < 1.29 is 9.53 Å². The van der Waals surface area contributed by atoms with E-state index in [-0.39, 0.29) is 6.03 Å². The molecule has 5 heteroatoms. The normalized spacial score (nSPS) is 15.3. The van der Waals surface area contributed by atoms with Crippen molar-refractivity contribution >= 4 is 6.03 Å². The second-order valence-electron chi connectivity index (χ2n) is 6.72. The van der Waals surface area contributed by atoms with Gasteiger partial charge in [0.15, 0.2) is 0 Å². The number of hydrogen-bond donors (Lipinski definition) is 1. The highest BCUT2D eigenvalue weighted by molar-refractivity contribution is 5.74. The Bertz CT molecular complexity index is 705. The van der Waals surface area contributed by atoms with Gasteiger partial charge in [0.25, 0.3) is 0 Å². The number of ether oxygens (including phenoxy) is 1. The first-order chi connectivity index (χ1) is 12.7. The van der Waals surface area contributed by atoms with Crippen LogP contribution in [-0.4, -0.2) is 49.1 Å². The van der Waals surface area contributed by atoms with Crippen LogP contribution in [0.2, 0.25) is 0 Å². The lowest BCUT2D eigenvalue weighted by molar-refractivity contribution is 0.199. The Hall–Kier alpha value is -2.53. The van der Waals surface area contributed by atoms with E-state index < -0.39 is 0 Å². The van der Waals surface area contributed by atoms with Gasteiger partial charge in [-0.25, -0.2) is 4.79 Å². The maximum atomic E-state index is 12.4. The molecule has 0 atom stereocenters. The summed E-state index contributed by atoms with van der Waals surface area (Å²) in [6.45, 7) is 4.62. The fourth-order valence-electron chi connectivity index (χ4n) is 3.03. The van der Waals surface area contributed by atoms with Crippen LogP contribution in [0.25, 0.3) is 0 Å². The minimum absolute atomic E-state index is 0.0101. The summed E-state index contributed by atoms with van der Waals surface area (Å²) in [5.74, 6) is 0.817. The second-order valence-corrected chi connectivity index (χ2v) is 6.72. The van der Waals surface area contributed by atoms with Crippen LogP contribution >= 0.6 is 0 Å². The SMILES string of the molecule is CN1CCCN(C(=O)NCc2cccc(OCc3ccccc3)c2)CC1. The van der Waals surface area contributed by atoms with Crippen LogP contribution in [-0.2, 0) is 13.2 Å². The predicted octanol–water partition coefficient (Wildman–Crippen LogP) is 3.11. The van der Waals surface area contributed by atoms with E-state index in [0.29, 0.717) is 13.2 Å². The van der Waals surface area contributed by atoms with E-state index in [2.05, 4.69) is 17.3 Å².